The number of thiazole rings is 1. The Bertz CT molecular complexity index is 889. The van der Waals surface area contributed by atoms with Gasteiger partial charge in [0.05, 0.1) is 5.69 Å². The lowest BCUT2D eigenvalue weighted by molar-refractivity contribution is 0.102. The maximum absolute atomic E-state index is 12.8. The van der Waals surface area contributed by atoms with Crippen molar-refractivity contribution in [1.29, 1.82) is 0 Å². The molecule has 1 heterocycles. The van der Waals surface area contributed by atoms with Gasteiger partial charge in [-0.25, -0.2) is 4.98 Å². The summed E-state index contributed by atoms with van der Waals surface area (Å²) in [6.45, 7) is 8.39. The molecule has 0 fully saturated rings. The van der Waals surface area contributed by atoms with Crippen LogP contribution in [0.25, 0.3) is 11.1 Å². The van der Waals surface area contributed by atoms with Gasteiger partial charge in [0.1, 0.15) is 0 Å². The number of hydrogen-bond donors (Lipinski definition) is 1. The maximum atomic E-state index is 12.8. The van der Waals surface area contributed by atoms with E-state index in [0.29, 0.717) is 10.7 Å². The number of nitrogens with one attached hydrogen (secondary N) is 1. The second kappa shape index (κ2) is 6.81. The lowest BCUT2D eigenvalue weighted by Crippen LogP contribution is -2.15. The Morgan fingerprint density at radius 3 is 2.36 bits per heavy atom. The Morgan fingerprint density at radius 1 is 1.04 bits per heavy atom. The first-order valence-corrected chi connectivity index (χ1v) is 9.16. The van der Waals surface area contributed by atoms with E-state index in [2.05, 4.69) is 50.1 Å². The van der Waals surface area contributed by atoms with E-state index >= 15 is 0 Å². The number of anilines is 1. The molecule has 3 rings (SSSR count). The molecule has 3 aromatic rings. The molecule has 1 aromatic heterocycles. The van der Waals surface area contributed by atoms with Crippen molar-refractivity contribution in [3.05, 3.63) is 70.7 Å². The summed E-state index contributed by atoms with van der Waals surface area (Å²) in [6, 6.07) is 15.9. The molecule has 3 nitrogen and oxygen atoms in total. The zero-order chi connectivity index (χ0) is 18.0. The highest BCUT2D eigenvalue weighted by molar-refractivity contribution is 7.14. The Kier molecular flexibility index (Phi) is 4.73. The molecule has 0 unspecified atom stereocenters. The fourth-order valence-corrected chi connectivity index (χ4v) is 3.44. The Balaban J connectivity index is 1.88. The van der Waals surface area contributed by atoms with E-state index < -0.39 is 0 Å². The molecule has 0 aliphatic carbocycles. The van der Waals surface area contributed by atoms with Crippen LogP contribution >= 0.6 is 11.3 Å². The van der Waals surface area contributed by atoms with Gasteiger partial charge in [-0.2, -0.15) is 0 Å². The van der Waals surface area contributed by atoms with Crippen LogP contribution in [0, 0.1) is 6.92 Å². The molecule has 2 aromatic carbocycles. The summed E-state index contributed by atoms with van der Waals surface area (Å²) in [7, 11) is 0. The number of rotatable bonds is 3. The van der Waals surface area contributed by atoms with E-state index in [1.807, 2.05) is 41.8 Å². The number of amides is 1. The van der Waals surface area contributed by atoms with Crippen LogP contribution in [-0.2, 0) is 5.41 Å². The number of carbonyl (C=O) groups is 1. The molecule has 25 heavy (non-hydrogen) atoms. The zero-order valence-electron chi connectivity index (χ0n) is 15.0. The third kappa shape index (κ3) is 3.97. The summed E-state index contributed by atoms with van der Waals surface area (Å²) in [5, 5.41) is 5.58. The van der Waals surface area contributed by atoms with Crippen molar-refractivity contribution in [3.8, 4) is 11.1 Å². The van der Waals surface area contributed by atoms with Gasteiger partial charge in [0.15, 0.2) is 5.13 Å². The van der Waals surface area contributed by atoms with Crippen molar-refractivity contribution in [2.45, 2.75) is 33.1 Å². The van der Waals surface area contributed by atoms with Crippen molar-refractivity contribution in [3.63, 3.8) is 0 Å². The first kappa shape index (κ1) is 17.4. The SMILES string of the molecule is Cc1ccc(-c2ccccc2C(=O)Nc2nc(C(C)(C)C)cs2)cc1. The van der Waals surface area contributed by atoms with Crippen molar-refractivity contribution in [2.24, 2.45) is 0 Å². The molecule has 0 aliphatic rings. The minimum absolute atomic E-state index is 0.0285. The highest BCUT2D eigenvalue weighted by atomic mass is 32.1. The van der Waals surface area contributed by atoms with Gasteiger partial charge in [-0.15, -0.1) is 11.3 Å². The minimum Gasteiger partial charge on any atom is -0.298 e. The van der Waals surface area contributed by atoms with Crippen LogP contribution in [0.2, 0.25) is 0 Å². The minimum atomic E-state index is -0.133. The van der Waals surface area contributed by atoms with Gasteiger partial charge < -0.3 is 0 Å². The first-order chi connectivity index (χ1) is 11.8. The lowest BCUT2D eigenvalue weighted by Gasteiger charge is -2.14. The molecule has 0 spiro atoms. The second-order valence-electron chi connectivity index (χ2n) is 7.15. The normalized spacial score (nSPS) is 11.4. The highest BCUT2D eigenvalue weighted by Crippen LogP contribution is 2.28. The fraction of sp³-hybridized carbons (Fsp3) is 0.238. The Labute approximate surface area is 152 Å². The molecule has 0 atom stereocenters. The quantitative estimate of drug-likeness (QED) is 0.661. The monoisotopic (exact) mass is 350 g/mol. The molecule has 1 amide bonds. The average Bonchev–Trinajstić information content (AvgIpc) is 3.04. The topological polar surface area (TPSA) is 42.0 Å². The molecule has 0 saturated carbocycles. The molecule has 4 heteroatoms. The van der Waals surface area contributed by atoms with Crippen LogP contribution in [0.4, 0.5) is 5.13 Å². The van der Waals surface area contributed by atoms with Gasteiger partial charge in [0.2, 0.25) is 0 Å². The standard InChI is InChI=1S/C21H22N2OS/c1-14-9-11-15(12-10-14)16-7-5-6-8-17(16)19(24)23-20-22-18(13-25-20)21(2,3)4/h5-13H,1-4H3,(H,22,23,24). The van der Waals surface area contributed by atoms with Crippen LogP contribution in [0.1, 0.15) is 42.4 Å². The van der Waals surface area contributed by atoms with E-state index in [-0.39, 0.29) is 11.3 Å². The van der Waals surface area contributed by atoms with Gasteiger partial charge in [0.25, 0.3) is 5.91 Å². The number of nitrogens with zero attached hydrogens (tertiary/aromatic N) is 1. The van der Waals surface area contributed by atoms with E-state index in [1.165, 1.54) is 16.9 Å². The second-order valence-corrected chi connectivity index (χ2v) is 8.01. The van der Waals surface area contributed by atoms with Crippen LogP contribution in [0.15, 0.2) is 53.9 Å². The summed E-state index contributed by atoms with van der Waals surface area (Å²) in [6.07, 6.45) is 0. The van der Waals surface area contributed by atoms with Crippen molar-refractivity contribution < 1.29 is 4.79 Å². The highest BCUT2D eigenvalue weighted by Gasteiger charge is 2.19. The number of benzene rings is 2. The van der Waals surface area contributed by atoms with Crippen LogP contribution in [-0.4, -0.2) is 10.9 Å². The molecule has 128 valence electrons. The summed E-state index contributed by atoms with van der Waals surface area (Å²) < 4.78 is 0. The van der Waals surface area contributed by atoms with Crippen molar-refractivity contribution in [2.75, 3.05) is 5.32 Å². The number of hydrogen-bond acceptors (Lipinski definition) is 3. The summed E-state index contributed by atoms with van der Waals surface area (Å²) in [5.74, 6) is -0.133. The van der Waals surface area contributed by atoms with Crippen LogP contribution < -0.4 is 5.32 Å². The first-order valence-electron chi connectivity index (χ1n) is 8.28. The molecule has 0 bridgehead atoms. The molecule has 1 N–H and O–H groups in total. The molecule has 0 saturated heterocycles. The summed E-state index contributed by atoms with van der Waals surface area (Å²) in [4.78, 5) is 17.3. The van der Waals surface area contributed by atoms with E-state index in [9.17, 15) is 4.79 Å². The average molecular weight is 350 g/mol. The van der Waals surface area contributed by atoms with Gasteiger partial charge in [-0.05, 0) is 24.1 Å². The number of carbonyl (C=O) groups excluding carboxylic acids is 1. The van der Waals surface area contributed by atoms with E-state index in [1.54, 1.807) is 0 Å². The van der Waals surface area contributed by atoms with Crippen LogP contribution in [0.5, 0.6) is 0 Å². The smallest absolute Gasteiger partial charge is 0.258 e. The van der Waals surface area contributed by atoms with Gasteiger partial charge in [-0.1, -0.05) is 68.8 Å². The molecular formula is C21H22N2OS. The predicted octanol–water partition coefficient (Wildman–Crippen LogP) is 5.67. The van der Waals surface area contributed by atoms with Crippen molar-refractivity contribution in [1.82, 2.24) is 4.98 Å². The number of aryl methyl sites for hydroxylation is 1. The van der Waals surface area contributed by atoms with Gasteiger partial charge >= 0.3 is 0 Å². The molecule has 0 radical (unpaired) electrons. The van der Waals surface area contributed by atoms with Gasteiger partial charge in [0, 0.05) is 16.4 Å². The van der Waals surface area contributed by atoms with Gasteiger partial charge in [-0.3, -0.25) is 10.1 Å². The lowest BCUT2D eigenvalue weighted by atomic mass is 9.93. The summed E-state index contributed by atoms with van der Waals surface area (Å²) >= 11 is 1.46. The third-order valence-corrected chi connectivity index (χ3v) is 4.79. The maximum Gasteiger partial charge on any atom is 0.258 e. The largest absolute Gasteiger partial charge is 0.298 e. The summed E-state index contributed by atoms with van der Waals surface area (Å²) in [5.41, 5.74) is 4.76. The van der Waals surface area contributed by atoms with E-state index in [0.717, 1.165) is 16.8 Å². The van der Waals surface area contributed by atoms with Crippen molar-refractivity contribution >= 4 is 22.4 Å². The third-order valence-electron chi connectivity index (χ3n) is 4.03. The Hall–Kier alpha value is -2.46. The Morgan fingerprint density at radius 2 is 1.72 bits per heavy atom. The van der Waals surface area contributed by atoms with E-state index in [4.69, 9.17) is 0 Å². The molecule has 0 aliphatic heterocycles. The molecular weight excluding hydrogens is 328 g/mol. The number of aromatic nitrogens is 1. The van der Waals surface area contributed by atoms with Crippen LogP contribution in [0.3, 0.4) is 0 Å². The predicted molar refractivity (Wildman–Crippen MR) is 105 cm³/mol. The fourth-order valence-electron chi connectivity index (χ4n) is 2.51. The zero-order valence-corrected chi connectivity index (χ0v) is 15.8.